The van der Waals surface area contributed by atoms with Gasteiger partial charge in [-0.15, -0.1) is 0 Å². The zero-order chi connectivity index (χ0) is 11.8. The molecule has 0 aliphatic heterocycles. The van der Waals surface area contributed by atoms with Crippen molar-refractivity contribution in [3.05, 3.63) is 60.2 Å². The summed E-state index contributed by atoms with van der Waals surface area (Å²) in [4.78, 5) is 11.1. The van der Waals surface area contributed by atoms with Crippen molar-refractivity contribution in [3.63, 3.8) is 0 Å². The van der Waals surface area contributed by atoms with Gasteiger partial charge in [0.25, 0.3) is 0 Å². The Balaban J connectivity index is 2.36. The lowest BCUT2D eigenvalue weighted by Gasteiger charge is -2.03. The molecule has 0 unspecified atom stereocenters. The maximum absolute atomic E-state index is 11.1. The van der Waals surface area contributed by atoms with Gasteiger partial charge >= 0.3 is 0 Å². The van der Waals surface area contributed by atoms with Crippen LogP contribution < -0.4 is 5.73 Å². The molecule has 1 amide bonds. The summed E-state index contributed by atoms with van der Waals surface area (Å²) in [5.74, 6) is -0.397. The number of fused-ring (bicyclic) bond motifs is 2. The molecule has 81 valence electrons. The molecule has 0 aliphatic rings. The van der Waals surface area contributed by atoms with E-state index in [1.54, 1.807) is 6.07 Å². The van der Waals surface area contributed by atoms with Crippen LogP contribution in [0, 0.1) is 6.07 Å². The molecule has 0 aliphatic carbocycles. The number of hydrogen-bond acceptors (Lipinski definition) is 1. The van der Waals surface area contributed by atoms with Crippen LogP contribution in [0.3, 0.4) is 0 Å². The van der Waals surface area contributed by atoms with Crippen molar-refractivity contribution in [2.24, 2.45) is 5.73 Å². The molecule has 3 rings (SSSR count). The van der Waals surface area contributed by atoms with Crippen LogP contribution in [0.5, 0.6) is 0 Å². The van der Waals surface area contributed by atoms with Crippen LogP contribution >= 0.6 is 0 Å². The van der Waals surface area contributed by atoms with Crippen molar-refractivity contribution in [1.29, 1.82) is 0 Å². The number of benzene rings is 3. The zero-order valence-electron chi connectivity index (χ0n) is 9.10. The van der Waals surface area contributed by atoms with Gasteiger partial charge in [-0.05, 0) is 51.9 Å². The fourth-order valence-electron chi connectivity index (χ4n) is 2.02. The van der Waals surface area contributed by atoms with E-state index in [1.165, 1.54) is 0 Å². The minimum absolute atomic E-state index is 0.397. The summed E-state index contributed by atoms with van der Waals surface area (Å²) in [7, 11) is 0. The average molecular weight is 220 g/mol. The number of primary amides is 1. The Morgan fingerprint density at radius 3 is 2.71 bits per heavy atom. The van der Waals surface area contributed by atoms with Gasteiger partial charge in [0.2, 0.25) is 5.91 Å². The fraction of sp³-hybridized carbons (Fsp3) is 0. The third-order valence-electron chi connectivity index (χ3n) is 2.90. The van der Waals surface area contributed by atoms with Crippen LogP contribution in [0.25, 0.3) is 21.5 Å². The molecular weight excluding hydrogens is 210 g/mol. The number of carbonyl (C=O) groups is 1. The molecule has 0 aromatic heterocycles. The predicted octanol–water partition coefficient (Wildman–Crippen LogP) is 2.89. The first-order valence-electron chi connectivity index (χ1n) is 5.38. The van der Waals surface area contributed by atoms with Crippen molar-refractivity contribution in [2.75, 3.05) is 0 Å². The standard InChI is InChI=1S/C15H10NO/c16-15(17)13-6-5-12-7-10-3-1-2-4-11(10)8-14(12)9-13/h1-2,4-9H,(H2,16,17). The Bertz CT molecular complexity index is 731. The van der Waals surface area contributed by atoms with Crippen molar-refractivity contribution < 1.29 is 4.79 Å². The van der Waals surface area contributed by atoms with Crippen molar-refractivity contribution in [3.8, 4) is 0 Å². The van der Waals surface area contributed by atoms with Crippen LogP contribution in [0.15, 0.2) is 48.5 Å². The second kappa shape index (κ2) is 3.59. The minimum atomic E-state index is -0.397. The first-order valence-corrected chi connectivity index (χ1v) is 5.38. The molecule has 0 heterocycles. The fourth-order valence-corrected chi connectivity index (χ4v) is 2.02. The summed E-state index contributed by atoms with van der Waals surface area (Å²) in [6.07, 6.45) is 0. The second-order valence-electron chi connectivity index (χ2n) is 4.04. The average Bonchev–Trinajstić information content (AvgIpc) is 2.35. The number of carbonyl (C=O) groups excluding carboxylic acids is 1. The van der Waals surface area contributed by atoms with Crippen LogP contribution in [-0.2, 0) is 0 Å². The van der Waals surface area contributed by atoms with Gasteiger partial charge in [-0.2, -0.15) is 0 Å². The maximum Gasteiger partial charge on any atom is 0.248 e. The summed E-state index contributed by atoms with van der Waals surface area (Å²) in [6, 6.07) is 18.7. The summed E-state index contributed by atoms with van der Waals surface area (Å²) in [5.41, 5.74) is 5.81. The van der Waals surface area contributed by atoms with Crippen LogP contribution in [0.4, 0.5) is 0 Å². The monoisotopic (exact) mass is 220 g/mol. The van der Waals surface area contributed by atoms with Gasteiger partial charge in [-0.1, -0.05) is 24.3 Å². The van der Waals surface area contributed by atoms with E-state index >= 15 is 0 Å². The minimum Gasteiger partial charge on any atom is -0.366 e. The highest BCUT2D eigenvalue weighted by molar-refractivity contribution is 6.02. The molecule has 0 saturated heterocycles. The Labute approximate surface area is 98.7 Å². The lowest BCUT2D eigenvalue weighted by molar-refractivity contribution is 0.100. The molecule has 17 heavy (non-hydrogen) atoms. The highest BCUT2D eigenvalue weighted by Gasteiger charge is 2.02. The Hall–Kier alpha value is -2.35. The van der Waals surface area contributed by atoms with E-state index in [-0.39, 0.29) is 0 Å². The first kappa shape index (κ1) is 9.85. The summed E-state index contributed by atoms with van der Waals surface area (Å²) < 4.78 is 0. The van der Waals surface area contributed by atoms with Crippen LogP contribution in [0.1, 0.15) is 10.4 Å². The molecule has 0 saturated carbocycles. The van der Waals surface area contributed by atoms with E-state index < -0.39 is 5.91 Å². The molecule has 3 aromatic carbocycles. The van der Waals surface area contributed by atoms with Gasteiger partial charge in [0.05, 0.1) is 0 Å². The van der Waals surface area contributed by atoms with Gasteiger partial charge in [-0.25, -0.2) is 0 Å². The quantitative estimate of drug-likeness (QED) is 0.629. The molecule has 3 aromatic rings. The Kier molecular flexibility index (Phi) is 2.08. The topological polar surface area (TPSA) is 43.1 Å². The maximum atomic E-state index is 11.1. The number of rotatable bonds is 1. The van der Waals surface area contributed by atoms with Crippen LogP contribution in [0.2, 0.25) is 0 Å². The zero-order valence-corrected chi connectivity index (χ0v) is 9.10. The SMILES string of the molecule is NC(=O)c1ccc2cc3[c]cccc3cc2c1. The highest BCUT2D eigenvalue weighted by atomic mass is 16.1. The molecule has 2 N–H and O–H groups in total. The number of nitrogens with two attached hydrogens (primary N) is 1. The van der Waals surface area contributed by atoms with Crippen LogP contribution in [-0.4, -0.2) is 5.91 Å². The predicted molar refractivity (Wildman–Crippen MR) is 68.8 cm³/mol. The largest absolute Gasteiger partial charge is 0.366 e. The Morgan fingerprint density at radius 2 is 1.88 bits per heavy atom. The van der Waals surface area contributed by atoms with Gasteiger partial charge in [0, 0.05) is 5.56 Å². The van der Waals surface area contributed by atoms with Crippen molar-refractivity contribution >= 4 is 27.5 Å². The number of amides is 1. The molecule has 0 fully saturated rings. The second-order valence-corrected chi connectivity index (χ2v) is 4.04. The van der Waals surface area contributed by atoms with Gasteiger partial charge < -0.3 is 5.73 Å². The van der Waals surface area contributed by atoms with E-state index in [4.69, 9.17) is 5.73 Å². The van der Waals surface area contributed by atoms with Crippen molar-refractivity contribution in [2.45, 2.75) is 0 Å². The lowest BCUT2D eigenvalue weighted by atomic mass is 10.0. The van der Waals surface area contributed by atoms with Gasteiger partial charge in [0.1, 0.15) is 0 Å². The summed E-state index contributed by atoms with van der Waals surface area (Å²) in [6.45, 7) is 0. The molecule has 0 bridgehead atoms. The normalized spacial score (nSPS) is 10.8. The molecule has 1 radical (unpaired) electrons. The van der Waals surface area contributed by atoms with Gasteiger partial charge in [-0.3, -0.25) is 4.79 Å². The van der Waals surface area contributed by atoms with E-state index in [0.29, 0.717) is 5.56 Å². The highest BCUT2D eigenvalue weighted by Crippen LogP contribution is 2.23. The third kappa shape index (κ3) is 1.64. The molecule has 2 nitrogen and oxygen atoms in total. The Morgan fingerprint density at radius 1 is 1.00 bits per heavy atom. The first-order chi connectivity index (χ1) is 8.24. The lowest BCUT2D eigenvalue weighted by Crippen LogP contribution is -2.10. The third-order valence-corrected chi connectivity index (χ3v) is 2.90. The molecule has 0 atom stereocenters. The van der Waals surface area contributed by atoms with E-state index in [9.17, 15) is 4.79 Å². The van der Waals surface area contributed by atoms with Crippen molar-refractivity contribution in [1.82, 2.24) is 0 Å². The van der Waals surface area contributed by atoms with Gasteiger partial charge in [0.15, 0.2) is 0 Å². The van der Waals surface area contributed by atoms with E-state index in [1.807, 2.05) is 36.4 Å². The summed E-state index contributed by atoms with van der Waals surface area (Å²) in [5, 5.41) is 4.30. The molecule has 0 spiro atoms. The smallest absolute Gasteiger partial charge is 0.248 e. The number of hydrogen-bond donors (Lipinski definition) is 1. The molecular formula is C15H10NO. The van der Waals surface area contributed by atoms with E-state index in [0.717, 1.165) is 21.5 Å². The summed E-state index contributed by atoms with van der Waals surface area (Å²) >= 11 is 0. The molecule has 2 heteroatoms. The van der Waals surface area contributed by atoms with E-state index in [2.05, 4.69) is 12.1 Å².